The van der Waals surface area contributed by atoms with E-state index in [-0.39, 0.29) is 0 Å². The summed E-state index contributed by atoms with van der Waals surface area (Å²) in [6, 6.07) is 8.17. The minimum absolute atomic E-state index is 0.441. The van der Waals surface area contributed by atoms with E-state index in [1.54, 1.807) is 0 Å². The Morgan fingerprint density at radius 1 is 1.47 bits per heavy atom. The molecule has 0 amide bonds. The highest BCUT2D eigenvalue weighted by Crippen LogP contribution is 2.04. The first-order chi connectivity index (χ1) is 7.36. The van der Waals surface area contributed by atoms with Crippen LogP contribution in [-0.4, -0.2) is 6.54 Å². The van der Waals surface area contributed by atoms with Crippen molar-refractivity contribution in [2.75, 3.05) is 6.54 Å². The Balaban J connectivity index is 2.58. The minimum Gasteiger partial charge on any atom is -0.0978 e. The van der Waals surface area contributed by atoms with Crippen LogP contribution in [-0.2, 0) is 6.42 Å². The molecule has 1 aromatic rings. The lowest BCUT2D eigenvalue weighted by molar-refractivity contribution is 1.01. The molecule has 0 fully saturated rings. The number of rotatable bonds is 3. The molecular formula is C12H13N3. The lowest BCUT2D eigenvalue weighted by atomic mass is 10.1. The van der Waals surface area contributed by atoms with Gasteiger partial charge in [0.2, 0.25) is 0 Å². The summed E-state index contributed by atoms with van der Waals surface area (Å²) in [5.74, 6) is 6.02. The fraction of sp³-hybridized carbons (Fsp3) is 0.333. The third kappa shape index (κ3) is 4.21. The van der Waals surface area contributed by atoms with E-state index in [9.17, 15) is 0 Å². The van der Waals surface area contributed by atoms with Crippen LogP contribution in [0.25, 0.3) is 10.4 Å². The number of benzene rings is 1. The van der Waals surface area contributed by atoms with Crippen LogP contribution in [0.5, 0.6) is 0 Å². The molecule has 0 atom stereocenters. The third-order valence-electron chi connectivity index (χ3n) is 1.97. The van der Waals surface area contributed by atoms with E-state index in [1.165, 1.54) is 5.56 Å². The number of aryl methyl sites for hydroxylation is 1. The molecule has 0 aliphatic heterocycles. The molecule has 1 aromatic carbocycles. The highest BCUT2D eigenvalue weighted by molar-refractivity contribution is 5.37. The quantitative estimate of drug-likeness (QED) is 0.236. The number of nitrogens with zero attached hydrogens (tertiary/aromatic N) is 3. The SMILES string of the molecule is CCc1cccc(C#CCCN=[N+]=[N-])c1. The van der Waals surface area contributed by atoms with Gasteiger partial charge in [0.05, 0.1) is 0 Å². The second-order valence-corrected chi connectivity index (χ2v) is 3.06. The zero-order valence-corrected chi connectivity index (χ0v) is 8.77. The van der Waals surface area contributed by atoms with Gasteiger partial charge < -0.3 is 0 Å². The van der Waals surface area contributed by atoms with Crippen LogP contribution in [0.3, 0.4) is 0 Å². The van der Waals surface area contributed by atoms with Crippen molar-refractivity contribution in [1.82, 2.24) is 0 Å². The highest BCUT2D eigenvalue weighted by Gasteiger charge is 1.89. The lowest BCUT2D eigenvalue weighted by Crippen LogP contribution is -1.81. The largest absolute Gasteiger partial charge is 0.0978 e. The maximum atomic E-state index is 8.06. The van der Waals surface area contributed by atoms with E-state index in [2.05, 4.69) is 40.9 Å². The molecule has 0 saturated carbocycles. The first-order valence-corrected chi connectivity index (χ1v) is 4.95. The summed E-state index contributed by atoms with van der Waals surface area (Å²) in [6.45, 7) is 2.56. The van der Waals surface area contributed by atoms with Gasteiger partial charge in [-0.3, -0.25) is 0 Å². The van der Waals surface area contributed by atoms with Gasteiger partial charge in [-0.2, -0.15) is 0 Å². The average molecular weight is 199 g/mol. The highest BCUT2D eigenvalue weighted by atomic mass is 15.1. The summed E-state index contributed by atoms with van der Waals surface area (Å²) < 4.78 is 0. The van der Waals surface area contributed by atoms with Crippen LogP contribution < -0.4 is 0 Å². The summed E-state index contributed by atoms with van der Waals surface area (Å²) in [4.78, 5) is 2.66. The van der Waals surface area contributed by atoms with E-state index in [4.69, 9.17) is 5.53 Å². The number of hydrogen-bond acceptors (Lipinski definition) is 1. The summed E-state index contributed by atoms with van der Waals surface area (Å²) in [5.41, 5.74) is 10.4. The Bertz CT molecular complexity index is 420. The number of hydrogen-bond donors (Lipinski definition) is 0. The maximum Gasteiger partial charge on any atom is 0.0367 e. The Hall–Kier alpha value is -1.91. The number of azide groups is 1. The van der Waals surface area contributed by atoms with Crippen LogP contribution in [0, 0.1) is 11.8 Å². The molecule has 0 saturated heterocycles. The van der Waals surface area contributed by atoms with Gasteiger partial charge in [-0.1, -0.05) is 36.0 Å². The molecule has 0 bridgehead atoms. The van der Waals surface area contributed by atoms with Gasteiger partial charge in [-0.15, -0.1) is 0 Å². The second-order valence-electron chi connectivity index (χ2n) is 3.06. The molecule has 0 radical (unpaired) electrons. The molecule has 1 rings (SSSR count). The Kier molecular flexibility index (Phi) is 4.86. The topological polar surface area (TPSA) is 48.8 Å². The van der Waals surface area contributed by atoms with Crippen LogP contribution in [0.1, 0.15) is 24.5 Å². The molecule has 0 unspecified atom stereocenters. The second kappa shape index (κ2) is 6.53. The fourth-order valence-electron chi connectivity index (χ4n) is 1.18. The Morgan fingerprint density at radius 2 is 2.33 bits per heavy atom. The van der Waals surface area contributed by atoms with Crippen molar-refractivity contribution in [2.24, 2.45) is 5.11 Å². The first-order valence-electron chi connectivity index (χ1n) is 4.95. The van der Waals surface area contributed by atoms with E-state index >= 15 is 0 Å². The van der Waals surface area contributed by atoms with Crippen LogP contribution in [0.15, 0.2) is 29.4 Å². The summed E-state index contributed by atoms with van der Waals surface area (Å²) in [5, 5.41) is 3.41. The summed E-state index contributed by atoms with van der Waals surface area (Å²) in [6.07, 6.45) is 1.63. The monoisotopic (exact) mass is 199 g/mol. The van der Waals surface area contributed by atoms with Crippen molar-refractivity contribution in [2.45, 2.75) is 19.8 Å². The van der Waals surface area contributed by atoms with Gasteiger partial charge in [-0.25, -0.2) is 0 Å². The Morgan fingerprint density at radius 3 is 3.07 bits per heavy atom. The molecule has 0 N–H and O–H groups in total. The predicted octanol–water partition coefficient (Wildman–Crippen LogP) is 3.30. The molecule has 0 aromatic heterocycles. The van der Waals surface area contributed by atoms with Gasteiger partial charge in [-0.05, 0) is 29.6 Å². The van der Waals surface area contributed by atoms with E-state index in [0.29, 0.717) is 13.0 Å². The molecule has 0 aliphatic carbocycles. The first kappa shape index (κ1) is 11.2. The van der Waals surface area contributed by atoms with Crippen molar-refractivity contribution < 1.29 is 0 Å². The van der Waals surface area contributed by atoms with Crippen molar-refractivity contribution in [3.8, 4) is 11.8 Å². The zero-order chi connectivity index (χ0) is 10.9. The smallest absolute Gasteiger partial charge is 0.0367 e. The van der Waals surface area contributed by atoms with Gasteiger partial charge >= 0.3 is 0 Å². The standard InChI is InChI=1S/C12H13N3/c1-2-11-7-5-8-12(10-11)6-3-4-9-14-15-13/h5,7-8,10H,2,4,9H2,1H3. The third-order valence-corrected chi connectivity index (χ3v) is 1.97. The van der Waals surface area contributed by atoms with Gasteiger partial charge in [0.25, 0.3) is 0 Å². The molecule has 0 heterocycles. The summed E-state index contributed by atoms with van der Waals surface area (Å²) >= 11 is 0. The molecule has 76 valence electrons. The molecular weight excluding hydrogens is 186 g/mol. The van der Waals surface area contributed by atoms with Crippen LogP contribution >= 0.6 is 0 Å². The lowest BCUT2D eigenvalue weighted by Gasteiger charge is -1.95. The molecule has 0 spiro atoms. The van der Waals surface area contributed by atoms with Crippen molar-refractivity contribution >= 4 is 0 Å². The van der Waals surface area contributed by atoms with Crippen LogP contribution in [0.2, 0.25) is 0 Å². The fourth-order valence-corrected chi connectivity index (χ4v) is 1.18. The van der Waals surface area contributed by atoms with Crippen LogP contribution in [0.4, 0.5) is 0 Å². The molecule has 3 heteroatoms. The minimum atomic E-state index is 0.441. The van der Waals surface area contributed by atoms with Gasteiger partial charge in [0, 0.05) is 23.4 Å². The van der Waals surface area contributed by atoms with E-state index < -0.39 is 0 Å². The maximum absolute atomic E-state index is 8.06. The predicted molar refractivity (Wildman–Crippen MR) is 61.3 cm³/mol. The normalized spacial score (nSPS) is 8.60. The molecule has 3 nitrogen and oxygen atoms in total. The van der Waals surface area contributed by atoms with E-state index in [1.807, 2.05) is 12.1 Å². The molecule has 15 heavy (non-hydrogen) atoms. The molecule has 0 aliphatic rings. The van der Waals surface area contributed by atoms with Crippen molar-refractivity contribution in [3.05, 3.63) is 45.8 Å². The van der Waals surface area contributed by atoms with Gasteiger partial charge in [0.15, 0.2) is 0 Å². The van der Waals surface area contributed by atoms with Crippen molar-refractivity contribution in [3.63, 3.8) is 0 Å². The zero-order valence-electron chi connectivity index (χ0n) is 8.77. The average Bonchev–Trinajstić information content (AvgIpc) is 2.29. The summed E-state index contributed by atoms with van der Waals surface area (Å²) in [7, 11) is 0. The van der Waals surface area contributed by atoms with Crippen molar-refractivity contribution in [1.29, 1.82) is 0 Å². The van der Waals surface area contributed by atoms with Gasteiger partial charge in [0.1, 0.15) is 0 Å². The van der Waals surface area contributed by atoms with E-state index in [0.717, 1.165) is 12.0 Å². The Labute approximate surface area is 89.8 Å².